The molecule has 0 aliphatic carbocycles. The monoisotopic (exact) mass is 395 g/mol. The van der Waals surface area contributed by atoms with Crippen LogP contribution in [0.25, 0.3) is 54.7 Å². The van der Waals surface area contributed by atoms with Gasteiger partial charge in [0.15, 0.2) is 0 Å². The molecule has 1 nitrogen and oxygen atoms in total. The Kier molecular flexibility index (Phi) is 4.07. The van der Waals surface area contributed by atoms with Crippen LogP contribution in [0.5, 0.6) is 0 Å². The molecule has 0 radical (unpaired) electrons. The first-order chi connectivity index (χ1) is 15.3. The summed E-state index contributed by atoms with van der Waals surface area (Å²) in [4.78, 5) is 4.87. The highest BCUT2D eigenvalue weighted by Crippen LogP contribution is 2.45. The molecule has 0 saturated carbocycles. The predicted octanol–water partition coefficient (Wildman–Crippen LogP) is 8.18. The summed E-state index contributed by atoms with van der Waals surface area (Å²) in [5.74, 6) is 0. The molecule has 146 valence electrons. The second-order valence-corrected chi connectivity index (χ2v) is 8.04. The van der Waals surface area contributed by atoms with E-state index in [1.165, 1.54) is 54.7 Å². The third-order valence-electron chi connectivity index (χ3n) is 6.24. The second kappa shape index (κ2) is 7.07. The fraction of sp³-hybridized carbons (Fsp3) is 0.0333. The lowest BCUT2D eigenvalue weighted by Crippen LogP contribution is -1.94. The SMILES string of the molecule is Cc1ccccc1-c1c2ccccc2c(-c2ccccc2)c2c1cnc1ccccc12. The van der Waals surface area contributed by atoms with Crippen LogP contribution in [-0.4, -0.2) is 4.98 Å². The number of aromatic nitrogens is 1. The van der Waals surface area contributed by atoms with E-state index >= 15 is 0 Å². The van der Waals surface area contributed by atoms with Crippen molar-refractivity contribution in [2.75, 3.05) is 0 Å². The third kappa shape index (κ3) is 2.74. The Balaban J connectivity index is 1.94. The van der Waals surface area contributed by atoms with Gasteiger partial charge in [0, 0.05) is 22.4 Å². The zero-order valence-corrected chi connectivity index (χ0v) is 17.3. The molecular formula is C30H21N. The Bertz CT molecular complexity index is 1580. The molecule has 31 heavy (non-hydrogen) atoms. The largest absolute Gasteiger partial charge is 0.256 e. The van der Waals surface area contributed by atoms with Crippen molar-refractivity contribution in [3.8, 4) is 22.3 Å². The minimum Gasteiger partial charge on any atom is -0.256 e. The van der Waals surface area contributed by atoms with Gasteiger partial charge in [-0.25, -0.2) is 0 Å². The van der Waals surface area contributed by atoms with E-state index in [0.29, 0.717) is 0 Å². The van der Waals surface area contributed by atoms with Crippen LogP contribution in [0.4, 0.5) is 0 Å². The van der Waals surface area contributed by atoms with Crippen molar-refractivity contribution in [1.29, 1.82) is 0 Å². The van der Waals surface area contributed by atoms with Gasteiger partial charge in [-0.2, -0.15) is 0 Å². The molecule has 6 aromatic rings. The molecule has 6 rings (SSSR count). The number of para-hydroxylation sites is 1. The Morgan fingerprint density at radius 3 is 1.90 bits per heavy atom. The van der Waals surface area contributed by atoms with E-state index < -0.39 is 0 Å². The number of hydrogen-bond acceptors (Lipinski definition) is 1. The van der Waals surface area contributed by atoms with E-state index in [1.54, 1.807) is 0 Å². The highest BCUT2D eigenvalue weighted by molar-refractivity contribution is 6.27. The molecule has 1 heterocycles. The standard InChI is InChI=1S/C30H21N/c1-20-11-5-6-14-22(20)29-24-16-8-7-15-23(24)28(21-12-3-2-4-13-21)30-25-17-9-10-18-27(25)31-19-26(29)30/h2-19H,1H3. The van der Waals surface area contributed by atoms with Crippen LogP contribution in [0.3, 0.4) is 0 Å². The quantitative estimate of drug-likeness (QED) is 0.213. The lowest BCUT2D eigenvalue weighted by Gasteiger charge is -2.19. The molecule has 0 atom stereocenters. The van der Waals surface area contributed by atoms with Gasteiger partial charge in [-0.3, -0.25) is 4.98 Å². The normalized spacial score (nSPS) is 11.4. The van der Waals surface area contributed by atoms with Crippen LogP contribution in [0.15, 0.2) is 109 Å². The van der Waals surface area contributed by atoms with Crippen molar-refractivity contribution >= 4 is 32.4 Å². The molecule has 0 saturated heterocycles. The van der Waals surface area contributed by atoms with Crippen molar-refractivity contribution in [2.45, 2.75) is 6.92 Å². The Hall–Kier alpha value is -3.97. The molecule has 0 unspecified atom stereocenters. The predicted molar refractivity (Wildman–Crippen MR) is 132 cm³/mol. The number of rotatable bonds is 2. The van der Waals surface area contributed by atoms with Crippen molar-refractivity contribution in [2.24, 2.45) is 0 Å². The minimum absolute atomic E-state index is 1.03. The first kappa shape index (κ1) is 17.9. The van der Waals surface area contributed by atoms with Gasteiger partial charge in [-0.1, -0.05) is 97.1 Å². The summed E-state index contributed by atoms with van der Waals surface area (Å²) in [7, 11) is 0. The second-order valence-electron chi connectivity index (χ2n) is 8.04. The van der Waals surface area contributed by atoms with Gasteiger partial charge in [0.2, 0.25) is 0 Å². The van der Waals surface area contributed by atoms with Gasteiger partial charge in [-0.15, -0.1) is 0 Å². The summed E-state index contributed by atoms with van der Waals surface area (Å²) >= 11 is 0. The van der Waals surface area contributed by atoms with Crippen LogP contribution in [0.1, 0.15) is 5.56 Å². The Morgan fingerprint density at radius 1 is 0.516 bits per heavy atom. The van der Waals surface area contributed by atoms with Gasteiger partial charge in [0.1, 0.15) is 0 Å². The number of pyridine rings is 1. The summed E-state index contributed by atoms with van der Waals surface area (Å²) in [5, 5.41) is 6.20. The van der Waals surface area contributed by atoms with Crippen molar-refractivity contribution < 1.29 is 0 Å². The van der Waals surface area contributed by atoms with Crippen molar-refractivity contribution in [3.05, 3.63) is 115 Å². The zero-order valence-electron chi connectivity index (χ0n) is 17.3. The molecule has 1 heteroatoms. The Morgan fingerprint density at radius 2 is 1.13 bits per heavy atom. The topological polar surface area (TPSA) is 12.9 Å². The lowest BCUT2D eigenvalue weighted by molar-refractivity contribution is 1.44. The molecular weight excluding hydrogens is 374 g/mol. The zero-order chi connectivity index (χ0) is 20.8. The molecule has 0 spiro atoms. The third-order valence-corrected chi connectivity index (χ3v) is 6.24. The molecule has 0 bridgehead atoms. The van der Waals surface area contributed by atoms with Gasteiger partial charge in [0.25, 0.3) is 0 Å². The molecule has 0 amide bonds. The van der Waals surface area contributed by atoms with Gasteiger partial charge >= 0.3 is 0 Å². The Labute approximate surface area is 181 Å². The molecule has 5 aromatic carbocycles. The maximum absolute atomic E-state index is 4.87. The fourth-order valence-corrected chi connectivity index (χ4v) is 4.85. The summed E-state index contributed by atoms with van der Waals surface area (Å²) in [6, 6.07) is 36.7. The number of fused-ring (bicyclic) bond motifs is 4. The van der Waals surface area contributed by atoms with E-state index in [2.05, 4.69) is 116 Å². The summed E-state index contributed by atoms with van der Waals surface area (Å²) in [6.07, 6.45) is 2.07. The smallest absolute Gasteiger partial charge is 0.0708 e. The molecule has 1 aromatic heterocycles. The molecule has 0 aliphatic heterocycles. The van der Waals surface area contributed by atoms with Crippen LogP contribution >= 0.6 is 0 Å². The van der Waals surface area contributed by atoms with Crippen LogP contribution in [0.2, 0.25) is 0 Å². The average Bonchev–Trinajstić information content (AvgIpc) is 2.83. The number of aryl methyl sites for hydroxylation is 1. The number of nitrogens with zero attached hydrogens (tertiary/aromatic N) is 1. The van der Waals surface area contributed by atoms with E-state index in [4.69, 9.17) is 4.98 Å². The fourth-order valence-electron chi connectivity index (χ4n) is 4.85. The maximum Gasteiger partial charge on any atom is 0.0708 e. The van der Waals surface area contributed by atoms with Crippen LogP contribution < -0.4 is 0 Å². The van der Waals surface area contributed by atoms with Crippen LogP contribution in [-0.2, 0) is 0 Å². The minimum atomic E-state index is 1.03. The summed E-state index contributed by atoms with van der Waals surface area (Å²) in [5.41, 5.74) is 7.34. The highest BCUT2D eigenvalue weighted by atomic mass is 14.6. The average molecular weight is 396 g/mol. The van der Waals surface area contributed by atoms with Gasteiger partial charge in [0.05, 0.1) is 5.52 Å². The van der Waals surface area contributed by atoms with E-state index in [-0.39, 0.29) is 0 Å². The van der Waals surface area contributed by atoms with E-state index in [0.717, 1.165) is 5.52 Å². The number of hydrogen-bond donors (Lipinski definition) is 0. The highest BCUT2D eigenvalue weighted by Gasteiger charge is 2.19. The molecule has 0 aliphatic rings. The van der Waals surface area contributed by atoms with E-state index in [9.17, 15) is 0 Å². The molecule has 0 N–H and O–H groups in total. The van der Waals surface area contributed by atoms with Crippen LogP contribution in [0, 0.1) is 6.92 Å². The van der Waals surface area contributed by atoms with Gasteiger partial charge in [-0.05, 0) is 51.6 Å². The summed E-state index contributed by atoms with van der Waals surface area (Å²) in [6.45, 7) is 2.19. The number of benzene rings is 5. The van der Waals surface area contributed by atoms with E-state index in [1.807, 2.05) is 0 Å². The summed E-state index contributed by atoms with van der Waals surface area (Å²) < 4.78 is 0. The lowest BCUT2D eigenvalue weighted by atomic mass is 9.84. The molecule has 0 fully saturated rings. The van der Waals surface area contributed by atoms with Gasteiger partial charge < -0.3 is 0 Å². The van der Waals surface area contributed by atoms with Crippen molar-refractivity contribution in [3.63, 3.8) is 0 Å². The van der Waals surface area contributed by atoms with Crippen molar-refractivity contribution in [1.82, 2.24) is 4.98 Å². The first-order valence-electron chi connectivity index (χ1n) is 10.7. The maximum atomic E-state index is 4.87. The first-order valence-corrected chi connectivity index (χ1v) is 10.7.